The van der Waals surface area contributed by atoms with Crippen molar-refractivity contribution in [3.8, 4) is 0 Å². The molecule has 0 aliphatic heterocycles. The Labute approximate surface area is 77.9 Å². The van der Waals surface area contributed by atoms with Crippen molar-refractivity contribution in [1.29, 1.82) is 0 Å². The van der Waals surface area contributed by atoms with Crippen LogP contribution in [0.25, 0.3) is 0 Å². The van der Waals surface area contributed by atoms with Crippen molar-refractivity contribution < 1.29 is 4.79 Å². The van der Waals surface area contributed by atoms with Crippen LogP contribution in [0, 0.1) is 0 Å². The first-order valence-electron chi connectivity index (χ1n) is 4.24. The van der Waals surface area contributed by atoms with Crippen molar-refractivity contribution in [3.05, 3.63) is 35.9 Å². The van der Waals surface area contributed by atoms with Crippen LogP contribution < -0.4 is 11.1 Å². The largest absolute Gasteiger partial charge is 0.370 e. The molecule has 0 bridgehead atoms. The van der Waals surface area contributed by atoms with Gasteiger partial charge in [0.2, 0.25) is 5.91 Å². The Morgan fingerprint density at radius 2 is 2.08 bits per heavy atom. The molecule has 1 aromatic rings. The van der Waals surface area contributed by atoms with E-state index >= 15 is 0 Å². The number of carbonyl (C=O) groups is 1. The van der Waals surface area contributed by atoms with Gasteiger partial charge in [-0.2, -0.15) is 0 Å². The lowest BCUT2D eigenvalue weighted by molar-refractivity contribution is -0.118. The number of hydrogen-bond donors (Lipinski definition) is 2. The SMILES string of the molecule is CN[C@H](CC(N)=O)c1ccccc1. The molecule has 0 aromatic heterocycles. The van der Waals surface area contributed by atoms with E-state index in [2.05, 4.69) is 5.32 Å². The van der Waals surface area contributed by atoms with Gasteiger partial charge in [0.05, 0.1) is 0 Å². The molecule has 13 heavy (non-hydrogen) atoms. The van der Waals surface area contributed by atoms with Crippen LogP contribution in [0.3, 0.4) is 0 Å². The lowest BCUT2D eigenvalue weighted by atomic mass is 10.0. The van der Waals surface area contributed by atoms with Crippen LogP contribution in [0.5, 0.6) is 0 Å². The van der Waals surface area contributed by atoms with Crippen LogP contribution in [0.1, 0.15) is 18.0 Å². The summed E-state index contributed by atoms with van der Waals surface area (Å²) in [6, 6.07) is 9.81. The van der Waals surface area contributed by atoms with E-state index in [9.17, 15) is 4.79 Å². The summed E-state index contributed by atoms with van der Waals surface area (Å²) in [6.45, 7) is 0. The molecule has 0 radical (unpaired) electrons. The summed E-state index contributed by atoms with van der Waals surface area (Å²) < 4.78 is 0. The van der Waals surface area contributed by atoms with Crippen molar-refractivity contribution >= 4 is 5.91 Å². The average Bonchev–Trinajstić information content (AvgIpc) is 2.15. The van der Waals surface area contributed by atoms with E-state index in [0.717, 1.165) is 5.56 Å². The third-order valence-corrected chi connectivity index (χ3v) is 1.96. The molecule has 1 rings (SSSR count). The second-order valence-corrected chi connectivity index (χ2v) is 2.92. The predicted octanol–water partition coefficient (Wildman–Crippen LogP) is 0.822. The molecule has 0 heterocycles. The van der Waals surface area contributed by atoms with Gasteiger partial charge in [0.1, 0.15) is 0 Å². The highest BCUT2D eigenvalue weighted by molar-refractivity contribution is 5.74. The van der Waals surface area contributed by atoms with Gasteiger partial charge < -0.3 is 11.1 Å². The number of carbonyl (C=O) groups excluding carboxylic acids is 1. The Kier molecular flexibility index (Phi) is 3.46. The standard InChI is InChI=1S/C10H14N2O/c1-12-9(7-10(11)13)8-5-3-2-4-6-8/h2-6,9,12H,7H2,1H3,(H2,11,13)/t9-/m1/s1. The number of nitrogens with one attached hydrogen (secondary N) is 1. The summed E-state index contributed by atoms with van der Waals surface area (Å²) in [5, 5.41) is 3.05. The van der Waals surface area contributed by atoms with Crippen molar-refractivity contribution in [1.82, 2.24) is 5.32 Å². The van der Waals surface area contributed by atoms with Gasteiger partial charge in [-0.15, -0.1) is 0 Å². The highest BCUT2D eigenvalue weighted by Crippen LogP contribution is 2.14. The van der Waals surface area contributed by atoms with Crippen molar-refractivity contribution in [2.75, 3.05) is 7.05 Å². The van der Waals surface area contributed by atoms with Gasteiger partial charge in [-0.1, -0.05) is 30.3 Å². The van der Waals surface area contributed by atoms with Crippen LogP contribution in [0.15, 0.2) is 30.3 Å². The molecule has 3 nitrogen and oxygen atoms in total. The molecule has 1 atom stereocenters. The Balaban J connectivity index is 2.73. The molecule has 0 spiro atoms. The molecule has 3 N–H and O–H groups in total. The van der Waals surface area contributed by atoms with Gasteiger partial charge in [-0.3, -0.25) is 4.79 Å². The first kappa shape index (κ1) is 9.74. The zero-order chi connectivity index (χ0) is 9.68. The second-order valence-electron chi connectivity index (χ2n) is 2.92. The van der Waals surface area contributed by atoms with Crippen molar-refractivity contribution in [2.24, 2.45) is 5.73 Å². The Bertz CT molecular complexity index is 272. The molecular weight excluding hydrogens is 164 g/mol. The summed E-state index contributed by atoms with van der Waals surface area (Å²) in [4.78, 5) is 10.7. The molecule has 0 aliphatic carbocycles. The summed E-state index contributed by atoms with van der Waals surface area (Å²) in [5.74, 6) is -0.289. The van der Waals surface area contributed by atoms with Crippen molar-refractivity contribution in [3.63, 3.8) is 0 Å². The van der Waals surface area contributed by atoms with E-state index in [1.54, 1.807) is 0 Å². The maximum atomic E-state index is 10.7. The fraction of sp³-hybridized carbons (Fsp3) is 0.300. The molecule has 0 saturated heterocycles. The van der Waals surface area contributed by atoms with Crippen LogP contribution in [-0.2, 0) is 4.79 Å². The van der Waals surface area contributed by atoms with Gasteiger partial charge in [0.15, 0.2) is 0 Å². The lowest BCUT2D eigenvalue weighted by Gasteiger charge is -2.14. The molecule has 0 fully saturated rings. The first-order chi connectivity index (χ1) is 6.24. The van der Waals surface area contributed by atoms with E-state index < -0.39 is 0 Å². The molecule has 0 saturated carbocycles. The Morgan fingerprint density at radius 3 is 2.54 bits per heavy atom. The lowest BCUT2D eigenvalue weighted by Crippen LogP contribution is -2.23. The molecular formula is C10H14N2O. The summed E-state index contributed by atoms with van der Waals surface area (Å²) in [5.41, 5.74) is 6.21. The highest BCUT2D eigenvalue weighted by Gasteiger charge is 2.10. The predicted molar refractivity (Wildman–Crippen MR) is 52.1 cm³/mol. The number of nitrogens with two attached hydrogens (primary N) is 1. The monoisotopic (exact) mass is 178 g/mol. The number of benzene rings is 1. The minimum atomic E-state index is -0.289. The number of hydrogen-bond acceptors (Lipinski definition) is 2. The fourth-order valence-corrected chi connectivity index (χ4v) is 1.27. The smallest absolute Gasteiger partial charge is 0.219 e. The Hall–Kier alpha value is -1.35. The van der Waals surface area contributed by atoms with Gasteiger partial charge in [0, 0.05) is 12.5 Å². The van der Waals surface area contributed by atoms with Gasteiger partial charge in [-0.25, -0.2) is 0 Å². The maximum Gasteiger partial charge on any atom is 0.219 e. The van der Waals surface area contributed by atoms with Crippen LogP contribution >= 0.6 is 0 Å². The van der Waals surface area contributed by atoms with E-state index in [1.807, 2.05) is 37.4 Å². The van der Waals surface area contributed by atoms with Crippen LogP contribution in [0.4, 0.5) is 0 Å². The first-order valence-corrected chi connectivity index (χ1v) is 4.24. The molecule has 0 aliphatic rings. The average molecular weight is 178 g/mol. The van der Waals surface area contributed by atoms with E-state index in [-0.39, 0.29) is 11.9 Å². The summed E-state index contributed by atoms with van der Waals surface area (Å²) in [7, 11) is 1.82. The molecule has 1 amide bonds. The van der Waals surface area contributed by atoms with Gasteiger partial charge in [-0.05, 0) is 12.6 Å². The summed E-state index contributed by atoms with van der Waals surface area (Å²) in [6.07, 6.45) is 0.334. The van der Waals surface area contributed by atoms with E-state index in [4.69, 9.17) is 5.73 Å². The van der Waals surface area contributed by atoms with E-state index in [0.29, 0.717) is 6.42 Å². The zero-order valence-electron chi connectivity index (χ0n) is 7.66. The number of primary amides is 1. The molecule has 3 heteroatoms. The third kappa shape index (κ3) is 2.87. The van der Waals surface area contributed by atoms with Crippen molar-refractivity contribution in [2.45, 2.75) is 12.5 Å². The van der Waals surface area contributed by atoms with E-state index in [1.165, 1.54) is 0 Å². The Morgan fingerprint density at radius 1 is 1.46 bits per heavy atom. The molecule has 0 unspecified atom stereocenters. The van der Waals surface area contributed by atoms with Crippen LogP contribution in [0.2, 0.25) is 0 Å². The van der Waals surface area contributed by atoms with Gasteiger partial charge in [0.25, 0.3) is 0 Å². The third-order valence-electron chi connectivity index (χ3n) is 1.96. The minimum absolute atomic E-state index is 0.0266. The van der Waals surface area contributed by atoms with Crippen LogP contribution in [-0.4, -0.2) is 13.0 Å². The fourth-order valence-electron chi connectivity index (χ4n) is 1.27. The van der Waals surface area contributed by atoms with Gasteiger partial charge >= 0.3 is 0 Å². The quantitative estimate of drug-likeness (QED) is 0.717. The topological polar surface area (TPSA) is 55.1 Å². The molecule has 70 valence electrons. The number of rotatable bonds is 4. The summed E-state index contributed by atoms with van der Waals surface area (Å²) >= 11 is 0. The zero-order valence-corrected chi connectivity index (χ0v) is 7.66. The normalized spacial score (nSPS) is 12.4. The molecule has 1 aromatic carbocycles. The number of amides is 1. The minimum Gasteiger partial charge on any atom is -0.370 e. The highest BCUT2D eigenvalue weighted by atomic mass is 16.1. The second kappa shape index (κ2) is 4.62. The maximum absolute atomic E-state index is 10.7.